The van der Waals surface area contributed by atoms with Gasteiger partial charge in [-0.2, -0.15) is 0 Å². The van der Waals surface area contributed by atoms with Crippen LogP contribution < -0.4 is 0 Å². The van der Waals surface area contributed by atoms with Gasteiger partial charge in [0, 0.05) is 6.08 Å². The van der Waals surface area contributed by atoms with E-state index in [9.17, 15) is 4.79 Å². The van der Waals surface area contributed by atoms with Gasteiger partial charge in [-0.25, -0.2) is 4.79 Å². The lowest BCUT2D eigenvalue weighted by molar-refractivity contribution is 0.568. The van der Waals surface area contributed by atoms with Gasteiger partial charge in [-0.3, -0.25) is 0 Å². The molecule has 0 atom stereocenters. The lowest BCUT2D eigenvalue weighted by atomic mass is 10.8. The summed E-state index contributed by atoms with van der Waals surface area (Å²) >= 11 is 9.16. The quantitative estimate of drug-likeness (QED) is 0.494. The summed E-state index contributed by atoms with van der Waals surface area (Å²) in [4.78, 5) is 9.55. The fourth-order valence-electron chi connectivity index (χ4n) is 0.0668. The fourth-order valence-corrected chi connectivity index (χ4v) is 0.347. The molecule has 0 N–H and O–H groups in total. The molecule has 0 amide bonds. The average molecular weight is 293 g/mol. The van der Waals surface area contributed by atoms with E-state index < -0.39 is 2.14 Å². The van der Waals surface area contributed by atoms with Gasteiger partial charge in [0.25, 0.3) is 0 Å². The molecule has 0 saturated carbocycles. The summed E-state index contributed by atoms with van der Waals surface area (Å²) in [6.07, 6.45) is 1.26. The Kier molecular flexibility index (Phi) is 3.41. The Bertz CT molecular complexity index is 97.2. The third-order valence-corrected chi connectivity index (χ3v) is 0.909. The summed E-state index contributed by atoms with van der Waals surface area (Å²) in [5.74, 6) is 1.59. The van der Waals surface area contributed by atoms with Gasteiger partial charge < -0.3 is 0 Å². The van der Waals surface area contributed by atoms with Gasteiger partial charge in [0.05, 0.1) is 0 Å². The van der Waals surface area contributed by atoms with Crippen LogP contribution in [0.4, 0.5) is 0 Å². The van der Waals surface area contributed by atoms with Crippen molar-refractivity contribution in [3.8, 4) is 0 Å². The smallest absolute Gasteiger partial charge is 0.163 e. The molecule has 0 rings (SSSR count). The molecule has 0 bridgehead atoms. The highest BCUT2D eigenvalue weighted by Gasteiger charge is 2.11. The first-order chi connectivity index (χ1) is 3.06. The van der Waals surface area contributed by atoms with Crippen LogP contribution in [-0.4, -0.2) is 8.08 Å². The average Bonchev–Trinajstić information content (AvgIpc) is 1.30. The Balaban J connectivity index is 3.80. The summed E-state index contributed by atoms with van der Waals surface area (Å²) in [6.45, 7) is 0. The number of hydrogen-bond donors (Lipinski definition) is 0. The van der Waals surface area contributed by atoms with E-state index in [1.165, 1.54) is 6.08 Å². The molecule has 0 fully saturated rings. The maximum atomic E-state index is 9.55. The molecule has 40 valence electrons. The van der Waals surface area contributed by atoms with E-state index in [1.54, 1.807) is 5.94 Å². The van der Waals surface area contributed by atoms with Crippen LogP contribution in [0.1, 0.15) is 0 Å². The second-order valence-electron chi connectivity index (χ2n) is 0.804. The first-order valence-corrected chi connectivity index (χ1v) is 3.73. The molecule has 7 heavy (non-hydrogen) atoms. The molecular formula is C3HBr3O. The van der Waals surface area contributed by atoms with Crippen LogP contribution in [0.25, 0.3) is 0 Å². The Hall–Kier alpha value is 0.890. The normalized spacial score (nSPS) is 10.1. The minimum Gasteiger partial charge on any atom is -0.234 e. The molecule has 0 saturated heterocycles. The van der Waals surface area contributed by atoms with Crippen molar-refractivity contribution in [1.29, 1.82) is 0 Å². The van der Waals surface area contributed by atoms with Crippen LogP contribution in [0, 0.1) is 0 Å². The number of carbonyl (C=O) groups excluding carboxylic acids is 1. The Labute approximate surface area is 66.5 Å². The summed E-state index contributed by atoms with van der Waals surface area (Å²) in [5, 5.41) is 0. The summed E-state index contributed by atoms with van der Waals surface area (Å²) < 4.78 is -0.561. The minimum absolute atomic E-state index is 0.561. The van der Waals surface area contributed by atoms with Crippen LogP contribution in [-0.2, 0) is 4.79 Å². The molecule has 0 aliphatic heterocycles. The van der Waals surface area contributed by atoms with Crippen molar-refractivity contribution in [2.45, 2.75) is 2.14 Å². The van der Waals surface area contributed by atoms with E-state index in [4.69, 9.17) is 0 Å². The van der Waals surface area contributed by atoms with E-state index in [2.05, 4.69) is 47.8 Å². The summed E-state index contributed by atoms with van der Waals surface area (Å²) in [5.41, 5.74) is 0. The lowest BCUT2D eigenvalue weighted by Gasteiger charge is -1.97. The molecule has 0 aromatic heterocycles. The standard InChI is InChI=1S/C3HBr3O/c4-3(5,6)1-2-7/h1H. The number of rotatable bonds is 0. The van der Waals surface area contributed by atoms with Crippen LogP contribution in [0.2, 0.25) is 0 Å². The zero-order chi connectivity index (χ0) is 5.91. The molecule has 0 heterocycles. The number of allylic oxidation sites excluding steroid dienone is 1. The molecule has 0 aliphatic rings. The van der Waals surface area contributed by atoms with Gasteiger partial charge in [-0.05, 0) is 0 Å². The molecule has 0 spiro atoms. The largest absolute Gasteiger partial charge is 0.234 e. The van der Waals surface area contributed by atoms with Crippen molar-refractivity contribution >= 4 is 53.7 Å². The van der Waals surface area contributed by atoms with Crippen molar-refractivity contribution in [3.05, 3.63) is 6.08 Å². The first-order valence-electron chi connectivity index (χ1n) is 1.35. The highest BCUT2D eigenvalue weighted by atomic mass is 80.0. The highest BCUT2D eigenvalue weighted by molar-refractivity contribution is 9.39. The molecule has 0 aromatic rings. The van der Waals surface area contributed by atoms with Gasteiger partial charge in [-0.1, -0.05) is 47.8 Å². The summed E-state index contributed by atoms with van der Waals surface area (Å²) in [7, 11) is 0. The lowest BCUT2D eigenvalue weighted by Crippen LogP contribution is -1.89. The van der Waals surface area contributed by atoms with Gasteiger partial charge in [0.2, 0.25) is 0 Å². The van der Waals surface area contributed by atoms with Crippen molar-refractivity contribution in [2.24, 2.45) is 0 Å². The second-order valence-corrected chi connectivity index (χ2v) is 7.75. The monoisotopic (exact) mass is 290 g/mol. The number of hydrogen-bond acceptors (Lipinski definition) is 1. The van der Waals surface area contributed by atoms with Crippen molar-refractivity contribution < 1.29 is 4.79 Å². The Morgan fingerprint density at radius 3 is 1.86 bits per heavy atom. The van der Waals surface area contributed by atoms with Crippen molar-refractivity contribution in [3.63, 3.8) is 0 Å². The minimum atomic E-state index is -0.561. The van der Waals surface area contributed by atoms with Crippen LogP contribution in [0.15, 0.2) is 6.08 Å². The third-order valence-electron chi connectivity index (χ3n) is 0.223. The zero-order valence-electron chi connectivity index (χ0n) is 3.12. The Morgan fingerprint density at radius 1 is 1.43 bits per heavy atom. The molecule has 0 unspecified atom stereocenters. The number of alkyl halides is 3. The van der Waals surface area contributed by atoms with Gasteiger partial charge in [0.15, 0.2) is 2.14 Å². The fraction of sp³-hybridized carbons (Fsp3) is 0.333. The van der Waals surface area contributed by atoms with E-state index in [1.807, 2.05) is 0 Å². The predicted octanol–water partition coefficient (Wildman–Crippen LogP) is 2.21. The number of halogens is 3. The summed E-state index contributed by atoms with van der Waals surface area (Å²) in [6, 6.07) is 0. The third kappa shape index (κ3) is 6.89. The molecule has 0 aliphatic carbocycles. The predicted molar refractivity (Wildman–Crippen MR) is 39.8 cm³/mol. The van der Waals surface area contributed by atoms with Gasteiger partial charge in [0.1, 0.15) is 5.94 Å². The second kappa shape index (κ2) is 3.02. The van der Waals surface area contributed by atoms with Crippen LogP contribution in [0.3, 0.4) is 0 Å². The Morgan fingerprint density at radius 2 is 1.86 bits per heavy atom. The zero-order valence-corrected chi connectivity index (χ0v) is 7.88. The molecular weight excluding hydrogens is 292 g/mol. The highest BCUT2D eigenvalue weighted by Crippen LogP contribution is 2.33. The van der Waals surface area contributed by atoms with Crippen LogP contribution in [0.5, 0.6) is 0 Å². The van der Waals surface area contributed by atoms with Crippen molar-refractivity contribution in [2.75, 3.05) is 0 Å². The van der Waals surface area contributed by atoms with Gasteiger partial charge >= 0.3 is 0 Å². The molecule has 0 radical (unpaired) electrons. The first kappa shape index (κ1) is 7.89. The SMILES string of the molecule is O=C=CC(Br)(Br)Br. The van der Waals surface area contributed by atoms with Crippen LogP contribution >= 0.6 is 47.8 Å². The van der Waals surface area contributed by atoms with E-state index in [0.29, 0.717) is 0 Å². The van der Waals surface area contributed by atoms with E-state index >= 15 is 0 Å². The van der Waals surface area contributed by atoms with E-state index in [0.717, 1.165) is 0 Å². The van der Waals surface area contributed by atoms with Crippen molar-refractivity contribution in [1.82, 2.24) is 0 Å². The van der Waals surface area contributed by atoms with Gasteiger partial charge in [-0.15, -0.1) is 0 Å². The molecule has 4 heteroatoms. The maximum Gasteiger partial charge on any atom is 0.163 e. The molecule has 0 aromatic carbocycles. The van der Waals surface area contributed by atoms with E-state index in [-0.39, 0.29) is 0 Å². The maximum absolute atomic E-state index is 9.55. The topological polar surface area (TPSA) is 17.1 Å². The molecule has 1 nitrogen and oxygen atoms in total.